The Morgan fingerprint density at radius 1 is 0.718 bits per heavy atom. The smallest absolute Gasteiger partial charge is 0.408 e. The van der Waals surface area contributed by atoms with E-state index in [4.69, 9.17) is 23.7 Å². The van der Waals surface area contributed by atoms with Crippen molar-refractivity contribution in [3.8, 4) is 0 Å². The first-order valence-corrected chi connectivity index (χ1v) is 12.6. The number of amides is 1. The van der Waals surface area contributed by atoms with E-state index in [-0.39, 0.29) is 39.6 Å². The van der Waals surface area contributed by atoms with E-state index in [1.54, 1.807) is 0 Å². The van der Waals surface area contributed by atoms with Gasteiger partial charge in [0.05, 0.1) is 40.1 Å². The lowest BCUT2D eigenvalue weighted by molar-refractivity contribution is -0.148. The summed E-state index contributed by atoms with van der Waals surface area (Å²) in [6.45, 7) is 0.0749. The zero-order valence-electron chi connectivity index (χ0n) is 21.9. The summed E-state index contributed by atoms with van der Waals surface area (Å²) in [5.41, 5.74) is 2.70. The van der Waals surface area contributed by atoms with Crippen molar-refractivity contribution >= 4 is 12.1 Å². The van der Waals surface area contributed by atoms with Crippen molar-refractivity contribution in [1.29, 1.82) is 0 Å². The largest absolute Gasteiger partial charge is 0.467 e. The maximum Gasteiger partial charge on any atom is 0.408 e. The van der Waals surface area contributed by atoms with Gasteiger partial charge >= 0.3 is 12.1 Å². The zero-order valence-corrected chi connectivity index (χ0v) is 21.9. The van der Waals surface area contributed by atoms with Crippen molar-refractivity contribution < 1.29 is 38.4 Å². The summed E-state index contributed by atoms with van der Waals surface area (Å²) in [5, 5.41) is 12.5. The number of carbonyl (C=O) groups is 2. The Labute approximate surface area is 228 Å². The minimum absolute atomic E-state index is 0.0128. The van der Waals surface area contributed by atoms with Gasteiger partial charge in [-0.15, -0.1) is 0 Å². The van der Waals surface area contributed by atoms with E-state index in [2.05, 4.69) is 5.32 Å². The Morgan fingerprint density at radius 2 is 1.21 bits per heavy atom. The molecule has 3 atom stereocenters. The highest BCUT2D eigenvalue weighted by atomic mass is 16.6. The van der Waals surface area contributed by atoms with E-state index in [0.717, 1.165) is 16.7 Å². The maximum absolute atomic E-state index is 12.3. The van der Waals surface area contributed by atoms with Gasteiger partial charge in [0.25, 0.3) is 0 Å². The molecule has 0 bridgehead atoms. The summed E-state index contributed by atoms with van der Waals surface area (Å²) < 4.78 is 27.8. The molecule has 0 aliphatic rings. The van der Waals surface area contributed by atoms with E-state index in [1.807, 2.05) is 91.0 Å². The molecule has 0 aromatic heterocycles. The SMILES string of the molecule is COC(=O)C(COCC(OCc1ccccc1)C(CO)OCc1ccccc1)NC(=O)OCc1ccccc1. The number of hydrogen-bond donors (Lipinski definition) is 2. The number of rotatable bonds is 16. The molecular formula is C30H35NO8. The van der Waals surface area contributed by atoms with Crippen LogP contribution >= 0.6 is 0 Å². The Balaban J connectivity index is 1.57. The highest BCUT2D eigenvalue weighted by Crippen LogP contribution is 2.13. The molecule has 39 heavy (non-hydrogen) atoms. The average molecular weight is 538 g/mol. The number of carbonyl (C=O) groups excluding carboxylic acids is 2. The van der Waals surface area contributed by atoms with Crippen LogP contribution in [0.15, 0.2) is 91.0 Å². The van der Waals surface area contributed by atoms with Gasteiger partial charge in [-0.05, 0) is 16.7 Å². The molecule has 9 heteroatoms. The quantitative estimate of drug-likeness (QED) is 0.267. The number of nitrogens with one attached hydrogen (secondary N) is 1. The van der Waals surface area contributed by atoms with Crippen LogP contribution in [-0.2, 0) is 48.3 Å². The van der Waals surface area contributed by atoms with Crippen molar-refractivity contribution in [3.63, 3.8) is 0 Å². The van der Waals surface area contributed by atoms with Crippen LogP contribution in [0.3, 0.4) is 0 Å². The summed E-state index contributed by atoms with van der Waals surface area (Å²) in [4.78, 5) is 24.6. The fraction of sp³-hybridized carbons (Fsp3) is 0.333. The lowest BCUT2D eigenvalue weighted by atomic mass is 10.2. The van der Waals surface area contributed by atoms with Crippen LogP contribution in [0.5, 0.6) is 0 Å². The van der Waals surface area contributed by atoms with Gasteiger partial charge in [0, 0.05) is 0 Å². The van der Waals surface area contributed by atoms with Gasteiger partial charge in [0.15, 0.2) is 6.04 Å². The number of ether oxygens (including phenoxy) is 5. The summed E-state index contributed by atoms with van der Waals surface area (Å²) in [6.07, 6.45) is -2.15. The van der Waals surface area contributed by atoms with E-state index in [1.165, 1.54) is 7.11 Å². The molecule has 208 valence electrons. The van der Waals surface area contributed by atoms with Crippen LogP contribution in [0.4, 0.5) is 4.79 Å². The monoisotopic (exact) mass is 537 g/mol. The fourth-order valence-electron chi connectivity index (χ4n) is 3.62. The summed E-state index contributed by atoms with van der Waals surface area (Å²) in [6, 6.07) is 27.2. The Morgan fingerprint density at radius 3 is 1.69 bits per heavy atom. The van der Waals surface area contributed by atoms with E-state index < -0.39 is 30.3 Å². The number of aliphatic hydroxyl groups excluding tert-OH is 1. The van der Waals surface area contributed by atoms with Crippen LogP contribution in [0.25, 0.3) is 0 Å². The number of alkyl carbamates (subject to hydrolysis) is 1. The lowest BCUT2D eigenvalue weighted by Gasteiger charge is -2.27. The van der Waals surface area contributed by atoms with Crippen molar-refractivity contribution in [2.75, 3.05) is 26.9 Å². The summed E-state index contributed by atoms with van der Waals surface area (Å²) in [5.74, 6) is -0.688. The zero-order chi connectivity index (χ0) is 27.7. The molecule has 3 rings (SSSR count). The predicted molar refractivity (Wildman–Crippen MR) is 144 cm³/mol. The molecule has 2 N–H and O–H groups in total. The number of esters is 1. The van der Waals surface area contributed by atoms with Crippen molar-refractivity contribution in [3.05, 3.63) is 108 Å². The van der Waals surface area contributed by atoms with E-state index >= 15 is 0 Å². The first-order chi connectivity index (χ1) is 19.1. The third kappa shape index (κ3) is 10.9. The van der Waals surface area contributed by atoms with Crippen LogP contribution in [-0.4, -0.2) is 62.3 Å². The number of aliphatic hydroxyl groups is 1. The van der Waals surface area contributed by atoms with Gasteiger partial charge in [0.1, 0.15) is 18.8 Å². The summed E-state index contributed by atoms with van der Waals surface area (Å²) >= 11 is 0. The minimum atomic E-state index is -1.11. The van der Waals surface area contributed by atoms with Crippen molar-refractivity contribution in [2.45, 2.75) is 38.1 Å². The van der Waals surface area contributed by atoms with Gasteiger partial charge in [0.2, 0.25) is 0 Å². The molecule has 9 nitrogen and oxygen atoms in total. The van der Waals surface area contributed by atoms with Crippen LogP contribution in [0.2, 0.25) is 0 Å². The molecule has 0 saturated carbocycles. The number of hydrogen-bond acceptors (Lipinski definition) is 8. The summed E-state index contributed by atoms with van der Waals surface area (Å²) in [7, 11) is 1.22. The van der Waals surface area contributed by atoms with Gasteiger partial charge in [-0.1, -0.05) is 91.0 Å². The highest BCUT2D eigenvalue weighted by Gasteiger charge is 2.27. The van der Waals surface area contributed by atoms with Crippen LogP contribution in [0.1, 0.15) is 16.7 Å². The van der Waals surface area contributed by atoms with Crippen LogP contribution < -0.4 is 5.32 Å². The second-order valence-corrected chi connectivity index (χ2v) is 8.67. The first-order valence-electron chi connectivity index (χ1n) is 12.6. The van der Waals surface area contributed by atoms with Gasteiger partial charge in [-0.3, -0.25) is 0 Å². The molecule has 0 aliphatic heterocycles. The molecule has 0 radical (unpaired) electrons. The van der Waals surface area contributed by atoms with Gasteiger partial charge in [-0.2, -0.15) is 0 Å². The van der Waals surface area contributed by atoms with E-state index in [0.29, 0.717) is 0 Å². The number of methoxy groups -OCH3 is 1. The Hall–Kier alpha value is -3.76. The molecule has 0 fully saturated rings. The van der Waals surface area contributed by atoms with Crippen LogP contribution in [0, 0.1) is 0 Å². The molecule has 0 heterocycles. The number of benzene rings is 3. The lowest BCUT2D eigenvalue weighted by Crippen LogP contribution is -2.46. The second-order valence-electron chi connectivity index (χ2n) is 8.67. The van der Waals surface area contributed by atoms with Gasteiger partial charge < -0.3 is 34.1 Å². The molecule has 3 aromatic carbocycles. The fourth-order valence-corrected chi connectivity index (χ4v) is 3.62. The topological polar surface area (TPSA) is 113 Å². The highest BCUT2D eigenvalue weighted by molar-refractivity contribution is 5.81. The maximum atomic E-state index is 12.3. The average Bonchev–Trinajstić information content (AvgIpc) is 2.99. The molecule has 3 aromatic rings. The second kappa shape index (κ2) is 17.0. The van der Waals surface area contributed by atoms with Crippen molar-refractivity contribution in [2.24, 2.45) is 0 Å². The van der Waals surface area contributed by atoms with Gasteiger partial charge in [-0.25, -0.2) is 9.59 Å². The Kier molecular flexibility index (Phi) is 12.9. The predicted octanol–water partition coefficient (Wildman–Crippen LogP) is 3.63. The molecule has 0 spiro atoms. The molecule has 3 unspecified atom stereocenters. The van der Waals surface area contributed by atoms with E-state index in [9.17, 15) is 14.7 Å². The first kappa shape index (κ1) is 29.8. The normalized spacial score (nSPS) is 13.2. The molecular weight excluding hydrogens is 502 g/mol. The molecule has 0 saturated heterocycles. The molecule has 0 aliphatic carbocycles. The Bertz CT molecular complexity index is 1100. The minimum Gasteiger partial charge on any atom is -0.467 e. The molecule has 1 amide bonds. The van der Waals surface area contributed by atoms with Crippen molar-refractivity contribution in [1.82, 2.24) is 5.32 Å². The third-order valence-electron chi connectivity index (χ3n) is 5.77. The third-order valence-corrected chi connectivity index (χ3v) is 5.77. The standard InChI is InChI=1S/C30H35NO8/c1-35-29(33)26(31-30(34)39-20-25-15-9-4-10-16-25)21-36-22-28(38-19-24-13-7-3-8-14-24)27(17-32)37-18-23-11-5-2-6-12-23/h2-16,26-28,32H,17-22H2,1H3,(H,31,34).